The number of nitrogens with zero attached hydrogens (tertiary/aromatic N) is 2. The number of rotatable bonds is 6. The lowest BCUT2D eigenvalue weighted by atomic mass is 10.1. The number of nitrogens with one attached hydrogen (secondary N) is 1. The van der Waals surface area contributed by atoms with E-state index in [1.54, 1.807) is 12.1 Å². The highest BCUT2D eigenvalue weighted by Crippen LogP contribution is 2.17. The summed E-state index contributed by atoms with van der Waals surface area (Å²) in [7, 11) is 1.93. The van der Waals surface area contributed by atoms with Gasteiger partial charge in [-0.15, -0.1) is 0 Å². The zero-order chi connectivity index (χ0) is 16.1. The number of aryl methyl sites for hydroxylation is 3. The molecule has 0 saturated heterocycles. The maximum Gasteiger partial charge on any atom is 0.220 e. The Balaban J connectivity index is 1.78. The number of para-hydroxylation sites is 1. The largest absolute Gasteiger partial charge is 0.508 e. The molecule has 1 aromatic carbocycles. The molecule has 0 unspecified atom stereocenters. The summed E-state index contributed by atoms with van der Waals surface area (Å²) in [5, 5.41) is 17.0. The smallest absolute Gasteiger partial charge is 0.220 e. The second-order valence-electron chi connectivity index (χ2n) is 5.50. The Labute approximate surface area is 131 Å². The average molecular weight is 301 g/mol. The molecule has 2 aromatic rings. The van der Waals surface area contributed by atoms with Crippen molar-refractivity contribution in [3.63, 3.8) is 0 Å². The van der Waals surface area contributed by atoms with Crippen LogP contribution in [0.15, 0.2) is 24.3 Å². The summed E-state index contributed by atoms with van der Waals surface area (Å²) in [4.78, 5) is 11.9. The number of hydrogen-bond acceptors (Lipinski definition) is 3. The summed E-state index contributed by atoms with van der Waals surface area (Å²) in [6.07, 6.45) is 1.71. The van der Waals surface area contributed by atoms with Gasteiger partial charge in [0.2, 0.25) is 5.91 Å². The second kappa shape index (κ2) is 7.11. The standard InChI is InChI=1S/C17H23N3O2/c1-12-15(13(2)20(3)19-12)10-11-18-17(22)9-8-14-6-4-5-7-16(14)21/h4-7,21H,8-11H2,1-3H3,(H,18,22). The molecule has 5 nitrogen and oxygen atoms in total. The molecular formula is C17H23N3O2. The minimum atomic E-state index is 0.00227. The number of carbonyl (C=O) groups excluding carboxylic acids is 1. The molecule has 1 heterocycles. The van der Waals surface area contributed by atoms with E-state index in [1.807, 2.05) is 37.7 Å². The van der Waals surface area contributed by atoms with E-state index in [4.69, 9.17) is 0 Å². The fourth-order valence-electron chi connectivity index (χ4n) is 2.57. The number of benzene rings is 1. The van der Waals surface area contributed by atoms with Gasteiger partial charge in [0.15, 0.2) is 0 Å². The van der Waals surface area contributed by atoms with E-state index in [0.717, 1.165) is 23.4 Å². The summed E-state index contributed by atoms with van der Waals surface area (Å²) < 4.78 is 1.87. The SMILES string of the molecule is Cc1nn(C)c(C)c1CCNC(=O)CCc1ccccc1O. The number of aromatic nitrogens is 2. The number of carbonyl (C=O) groups is 1. The van der Waals surface area contributed by atoms with Crippen molar-refractivity contribution < 1.29 is 9.90 Å². The van der Waals surface area contributed by atoms with Crippen molar-refractivity contribution in [3.05, 3.63) is 46.8 Å². The van der Waals surface area contributed by atoms with Crippen LogP contribution in [-0.4, -0.2) is 27.3 Å². The normalized spacial score (nSPS) is 10.7. The molecular weight excluding hydrogens is 278 g/mol. The molecule has 2 rings (SSSR count). The van der Waals surface area contributed by atoms with Gasteiger partial charge in [0, 0.05) is 25.7 Å². The number of hydrogen-bond donors (Lipinski definition) is 2. The number of aromatic hydroxyl groups is 1. The van der Waals surface area contributed by atoms with Gasteiger partial charge in [0.05, 0.1) is 5.69 Å². The van der Waals surface area contributed by atoms with Crippen LogP contribution in [0.3, 0.4) is 0 Å². The third-order valence-corrected chi connectivity index (χ3v) is 3.97. The van der Waals surface area contributed by atoms with Crippen LogP contribution >= 0.6 is 0 Å². The van der Waals surface area contributed by atoms with Gasteiger partial charge in [0.1, 0.15) is 5.75 Å². The summed E-state index contributed by atoms with van der Waals surface area (Å²) in [6.45, 7) is 4.63. The summed E-state index contributed by atoms with van der Waals surface area (Å²) >= 11 is 0. The van der Waals surface area contributed by atoms with Crippen LogP contribution in [0.25, 0.3) is 0 Å². The summed E-state index contributed by atoms with van der Waals surface area (Å²) in [6, 6.07) is 7.12. The van der Waals surface area contributed by atoms with Crippen LogP contribution in [0.1, 0.15) is 28.9 Å². The van der Waals surface area contributed by atoms with Gasteiger partial charge in [-0.05, 0) is 43.9 Å². The van der Waals surface area contributed by atoms with Crippen LogP contribution < -0.4 is 5.32 Å². The van der Waals surface area contributed by atoms with Crippen LogP contribution in [0.4, 0.5) is 0 Å². The van der Waals surface area contributed by atoms with Crippen molar-refractivity contribution >= 4 is 5.91 Å². The maximum atomic E-state index is 11.9. The van der Waals surface area contributed by atoms with Crippen molar-refractivity contribution in [2.24, 2.45) is 7.05 Å². The molecule has 0 aliphatic rings. The van der Waals surface area contributed by atoms with Gasteiger partial charge < -0.3 is 10.4 Å². The zero-order valence-electron chi connectivity index (χ0n) is 13.4. The Hall–Kier alpha value is -2.30. The van der Waals surface area contributed by atoms with Gasteiger partial charge in [-0.2, -0.15) is 5.10 Å². The molecule has 5 heteroatoms. The molecule has 0 radical (unpaired) electrons. The Bertz CT molecular complexity index is 662. The Morgan fingerprint density at radius 1 is 1.27 bits per heavy atom. The minimum Gasteiger partial charge on any atom is -0.508 e. The maximum absolute atomic E-state index is 11.9. The van der Waals surface area contributed by atoms with Gasteiger partial charge in [-0.3, -0.25) is 9.48 Å². The van der Waals surface area contributed by atoms with Crippen LogP contribution in [0.5, 0.6) is 5.75 Å². The first kappa shape index (κ1) is 16.1. The zero-order valence-corrected chi connectivity index (χ0v) is 13.4. The predicted molar refractivity (Wildman–Crippen MR) is 85.8 cm³/mol. The first-order chi connectivity index (χ1) is 10.5. The number of amides is 1. The summed E-state index contributed by atoms with van der Waals surface area (Å²) in [5.74, 6) is 0.249. The van der Waals surface area contributed by atoms with E-state index in [2.05, 4.69) is 10.4 Å². The molecule has 0 fully saturated rings. The first-order valence-corrected chi connectivity index (χ1v) is 7.51. The fraction of sp³-hybridized carbons (Fsp3) is 0.412. The molecule has 0 spiro atoms. The predicted octanol–water partition coefficient (Wildman–Crippen LogP) is 2.03. The lowest BCUT2D eigenvalue weighted by molar-refractivity contribution is -0.121. The average Bonchev–Trinajstić information content (AvgIpc) is 2.72. The van der Waals surface area contributed by atoms with E-state index in [-0.39, 0.29) is 11.7 Å². The van der Waals surface area contributed by atoms with Crippen molar-refractivity contribution in [2.75, 3.05) is 6.54 Å². The molecule has 1 amide bonds. The molecule has 0 bridgehead atoms. The van der Waals surface area contributed by atoms with Crippen molar-refractivity contribution in [3.8, 4) is 5.75 Å². The van der Waals surface area contributed by atoms with Gasteiger partial charge in [-0.1, -0.05) is 18.2 Å². The second-order valence-corrected chi connectivity index (χ2v) is 5.50. The quantitative estimate of drug-likeness (QED) is 0.858. The highest BCUT2D eigenvalue weighted by molar-refractivity contribution is 5.76. The van der Waals surface area contributed by atoms with Crippen molar-refractivity contribution in [1.82, 2.24) is 15.1 Å². The highest BCUT2D eigenvalue weighted by Gasteiger charge is 2.10. The molecule has 22 heavy (non-hydrogen) atoms. The molecule has 2 N–H and O–H groups in total. The Kier molecular flexibility index (Phi) is 5.20. The van der Waals surface area contributed by atoms with Gasteiger partial charge in [0.25, 0.3) is 0 Å². The topological polar surface area (TPSA) is 67.2 Å². The number of phenols is 1. The highest BCUT2D eigenvalue weighted by atomic mass is 16.3. The van der Waals surface area contributed by atoms with E-state index in [9.17, 15) is 9.90 Å². The van der Waals surface area contributed by atoms with E-state index in [0.29, 0.717) is 19.4 Å². The monoisotopic (exact) mass is 301 g/mol. The van der Waals surface area contributed by atoms with Crippen LogP contribution in [0, 0.1) is 13.8 Å². The molecule has 0 saturated carbocycles. The molecule has 0 aliphatic carbocycles. The van der Waals surface area contributed by atoms with E-state index >= 15 is 0 Å². The van der Waals surface area contributed by atoms with E-state index < -0.39 is 0 Å². The molecule has 1 aromatic heterocycles. The molecule has 118 valence electrons. The van der Waals surface area contributed by atoms with Crippen molar-refractivity contribution in [2.45, 2.75) is 33.1 Å². The lowest BCUT2D eigenvalue weighted by Crippen LogP contribution is -2.26. The summed E-state index contributed by atoms with van der Waals surface area (Å²) in [5.41, 5.74) is 4.16. The minimum absolute atomic E-state index is 0.00227. The third kappa shape index (κ3) is 3.87. The molecule has 0 atom stereocenters. The van der Waals surface area contributed by atoms with E-state index in [1.165, 1.54) is 5.56 Å². The van der Waals surface area contributed by atoms with Gasteiger partial charge >= 0.3 is 0 Å². The first-order valence-electron chi connectivity index (χ1n) is 7.51. The Morgan fingerprint density at radius 3 is 2.64 bits per heavy atom. The number of phenolic OH excluding ortho intramolecular Hbond substituents is 1. The van der Waals surface area contributed by atoms with Crippen molar-refractivity contribution in [1.29, 1.82) is 0 Å². The third-order valence-electron chi connectivity index (χ3n) is 3.97. The Morgan fingerprint density at radius 2 is 2.00 bits per heavy atom. The van der Waals surface area contributed by atoms with Gasteiger partial charge in [-0.25, -0.2) is 0 Å². The van der Waals surface area contributed by atoms with Crippen LogP contribution in [0.2, 0.25) is 0 Å². The van der Waals surface area contributed by atoms with Crippen LogP contribution in [-0.2, 0) is 24.7 Å². The fourth-order valence-corrected chi connectivity index (χ4v) is 2.57. The molecule has 0 aliphatic heterocycles. The lowest BCUT2D eigenvalue weighted by Gasteiger charge is -2.07.